The van der Waals surface area contributed by atoms with E-state index in [1.807, 2.05) is 0 Å². The summed E-state index contributed by atoms with van der Waals surface area (Å²) in [4.78, 5) is 10.8. The number of carbonyl (C=O) groups excluding carboxylic acids is 1. The van der Waals surface area contributed by atoms with Gasteiger partial charge in [0.15, 0.2) is 11.1 Å². The molecule has 2 N–H and O–H groups in total. The first-order valence-electron chi connectivity index (χ1n) is 3.35. The minimum absolute atomic E-state index is 0.311. The van der Waals surface area contributed by atoms with E-state index in [4.69, 9.17) is 9.29 Å². The van der Waals surface area contributed by atoms with E-state index in [0.29, 0.717) is 0 Å². The molecule has 0 heterocycles. The van der Waals surface area contributed by atoms with Gasteiger partial charge in [-0.05, 0) is 20.8 Å². The summed E-state index contributed by atoms with van der Waals surface area (Å²) >= 11 is -2.03. The Hall–Kier alpha value is -0.620. The third-order valence-electron chi connectivity index (χ3n) is 0.739. The van der Waals surface area contributed by atoms with E-state index < -0.39 is 22.8 Å². The van der Waals surface area contributed by atoms with Crippen LogP contribution in [0.2, 0.25) is 0 Å². The average Bonchev–Trinajstić information content (AvgIpc) is 1.79. The summed E-state index contributed by atoms with van der Waals surface area (Å²) in [7, 11) is 0. The molecule has 0 saturated carbocycles. The first-order chi connectivity index (χ1) is 5.31. The van der Waals surface area contributed by atoms with Crippen LogP contribution >= 0.6 is 0 Å². The number of hydrogen-bond acceptors (Lipinski definition) is 3. The predicted molar refractivity (Wildman–Crippen MR) is 45.0 cm³/mol. The summed E-state index contributed by atoms with van der Waals surface area (Å²) in [5.41, 5.74) is -0.582. The van der Waals surface area contributed by atoms with Crippen LogP contribution in [0.3, 0.4) is 0 Å². The second kappa shape index (κ2) is 4.42. The number of amides is 1. The van der Waals surface area contributed by atoms with Crippen molar-refractivity contribution in [3.8, 4) is 0 Å². The highest BCUT2D eigenvalue weighted by Gasteiger charge is 2.15. The normalized spacial score (nSPS) is 13.7. The molecule has 0 rings (SSSR count). The monoisotopic (exact) mass is 195 g/mol. The number of nitrogens with one attached hydrogen (secondary N) is 1. The standard InChI is InChI=1S/C6H13NO4S/c1-6(2,3)11-5(8)7-4-12(9)10/h4H2,1-3H3,(H,7,8)(H,9,10). The predicted octanol–water partition coefficient (Wildman–Crippen LogP) is 0.690. The van der Waals surface area contributed by atoms with Gasteiger partial charge in [0.25, 0.3) is 0 Å². The molecular weight excluding hydrogens is 182 g/mol. The van der Waals surface area contributed by atoms with Crippen molar-refractivity contribution in [1.29, 1.82) is 0 Å². The summed E-state index contributed by atoms with van der Waals surface area (Å²) in [5.74, 6) is -0.311. The molecule has 0 bridgehead atoms. The van der Waals surface area contributed by atoms with Crippen LogP contribution in [0.4, 0.5) is 4.79 Å². The molecule has 0 aliphatic carbocycles. The number of rotatable bonds is 2. The summed E-state index contributed by atoms with van der Waals surface area (Å²) in [5, 5.41) is 2.13. The fourth-order valence-corrected chi connectivity index (χ4v) is 0.676. The minimum atomic E-state index is -2.03. The first-order valence-corrected chi connectivity index (χ1v) is 4.63. The van der Waals surface area contributed by atoms with E-state index in [-0.39, 0.29) is 5.88 Å². The Morgan fingerprint density at radius 2 is 2.08 bits per heavy atom. The van der Waals surface area contributed by atoms with Crippen LogP contribution in [0.5, 0.6) is 0 Å². The van der Waals surface area contributed by atoms with Crippen molar-refractivity contribution in [2.45, 2.75) is 26.4 Å². The van der Waals surface area contributed by atoms with Gasteiger partial charge in [-0.2, -0.15) is 0 Å². The second-order valence-corrected chi connectivity index (χ2v) is 4.08. The average molecular weight is 195 g/mol. The van der Waals surface area contributed by atoms with Gasteiger partial charge in [0.2, 0.25) is 0 Å². The van der Waals surface area contributed by atoms with Crippen molar-refractivity contribution in [1.82, 2.24) is 5.32 Å². The summed E-state index contributed by atoms with van der Waals surface area (Å²) in [6.07, 6.45) is -0.690. The van der Waals surface area contributed by atoms with E-state index in [0.717, 1.165) is 0 Å². The van der Waals surface area contributed by atoms with Crippen LogP contribution in [0.25, 0.3) is 0 Å². The van der Waals surface area contributed by atoms with Crippen LogP contribution in [-0.4, -0.2) is 26.3 Å². The quantitative estimate of drug-likeness (QED) is 0.636. The van der Waals surface area contributed by atoms with Crippen molar-refractivity contribution in [3.05, 3.63) is 0 Å². The molecule has 5 nitrogen and oxygen atoms in total. The van der Waals surface area contributed by atoms with Gasteiger partial charge in [-0.15, -0.1) is 0 Å². The zero-order valence-corrected chi connectivity index (χ0v) is 8.10. The van der Waals surface area contributed by atoms with Gasteiger partial charge in [0.05, 0.1) is 0 Å². The highest BCUT2D eigenvalue weighted by atomic mass is 32.2. The molecule has 0 aromatic rings. The molecular formula is C6H13NO4S. The topological polar surface area (TPSA) is 75.6 Å². The Morgan fingerprint density at radius 3 is 2.42 bits per heavy atom. The highest BCUT2D eigenvalue weighted by Crippen LogP contribution is 2.05. The molecule has 72 valence electrons. The maximum absolute atomic E-state index is 10.8. The van der Waals surface area contributed by atoms with Crippen LogP contribution in [0.15, 0.2) is 0 Å². The zero-order chi connectivity index (χ0) is 9.78. The third kappa shape index (κ3) is 7.49. The fraction of sp³-hybridized carbons (Fsp3) is 0.833. The molecule has 0 aromatic heterocycles. The summed E-state index contributed by atoms with van der Waals surface area (Å²) in [6, 6.07) is 0. The Labute approximate surface area is 73.8 Å². The molecule has 0 saturated heterocycles. The molecule has 1 unspecified atom stereocenters. The van der Waals surface area contributed by atoms with Crippen LogP contribution < -0.4 is 5.32 Å². The van der Waals surface area contributed by atoms with E-state index in [9.17, 15) is 9.00 Å². The SMILES string of the molecule is CC(C)(C)OC(=O)NCS(=O)O. The zero-order valence-electron chi connectivity index (χ0n) is 7.29. The lowest BCUT2D eigenvalue weighted by atomic mass is 10.2. The molecule has 0 fully saturated rings. The van der Waals surface area contributed by atoms with Crippen molar-refractivity contribution >= 4 is 17.2 Å². The molecule has 1 atom stereocenters. The van der Waals surface area contributed by atoms with Gasteiger partial charge in [0, 0.05) is 0 Å². The van der Waals surface area contributed by atoms with E-state index in [1.54, 1.807) is 20.8 Å². The smallest absolute Gasteiger partial charge is 0.408 e. The Kier molecular flexibility index (Phi) is 4.19. The maximum atomic E-state index is 10.8. The number of carbonyl (C=O) groups is 1. The van der Waals surface area contributed by atoms with Gasteiger partial charge in [-0.25, -0.2) is 9.00 Å². The van der Waals surface area contributed by atoms with Crippen LogP contribution in [0, 0.1) is 0 Å². The Balaban J connectivity index is 3.68. The number of hydrogen-bond donors (Lipinski definition) is 2. The maximum Gasteiger partial charge on any atom is 0.408 e. The summed E-state index contributed by atoms with van der Waals surface area (Å²) < 4.78 is 23.2. The van der Waals surface area contributed by atoms with Crippen molar-refractivity contribution in [2.24, 2.45) is 0 Å². The summed E-state index contributed by atoms with van der Waals surface area (Å²) in [6.45, 7) is 5.13. The molecule has 0 spiro atoms. The molecule has 6 heteroatoms. The molecule has 0 aliphatic rings. The van der Waals surface area contributed by atoms with E-state index >= 15 is 0 Å². The molecule has 0 aromatic carbocycles. The van der Waals surface area contributed by atoms with Crippen LogP contribution in [0.1, 0.15) is 20.8 Å². The van der Waals surface area contributed by atoms with Crippen LogP contribution in [-0.2, 0) is 15.8 Å². The van der Waals surface area contributed by atoms with Crippen molar-refractivity contribution < 1.29 is 18.3 Å². The highest BCUT2D eigenvalue weighted by molar-refractivity contribution is 7.79. The number of alkyl carbamates (subject to hydrolysis) is 1. The Bertz CT molecular complexity index is 186. The second-order valence-electron chi connectivity index (χ2n) is 3.14. The fourth-order valence-electron chi connectivity index (χ4n) is 0.435. The van der Waals surface area contributed by atoms with E-state index in [1.165, 1.54) is 0 Å². The van der Waals surface area contributed by atoms with E-state index in [2.05, 4.69) is 5.32 Å². The molecule has 12 heavy (non-hydrogen) atoms. The minimum Gasteiger partial charge on any atom is -0.444 e. The van der Waals surface area contributed by atoms with Gasteiger partial charge in [-0.3, -0.25) is 0 Å². The molecule has 0 radical (unpaired) electrons. The lowest BCUT2D eigenvalue weighted by Crippen LogP contribution is -2.34. The molecule has 1 amide bonds. The first kappa shape index (κ1) is 11.4. The van der Waals surface area contributed by atoms with Crippen molar-refractivity contribution in [2.75, 3.05) is 5.88 Å². The van der Waals surface area contributed by atoms with Gasteiger partial charge < -0.3 is 14.6 Å². The van der Waals surface area contributed by atoms with Gasteiger partial charge >= 0.3 is 6.09 Å². The lowest BCUT2D eigenvalue weighted by Gasteiger charge is -2.19. The Morgan fingerprint density at radius 1 is 1.58 bits per heavy atom. The lowest BCUT2D eigenvalue weighted by molar-refractivity contribution is 0.0537. The number of ether oxygens (including phenoxy) is 1. The van der Waals surface area contributed by atoms with Gasteiger partial charge in [-0.1, -0.05) is 0 Å². The largest absolute Gasteiger partial charge is 0.444 e. The molecule has 0 aliphatic heterocycles. The van der Waals surface area contributed by atoms with Gasteiger partial charge in [0.1, 0.15) is 11.5 Å². The van der Waals surface area contributed by atoms with Crippen molar-refractivity contribution in [3.63, 3.8) is 0 Å². The third-order valence-corrected chi connectivity index (χ3v) is 1.13.